The molecule has 0 spiro atoms. The molecule has 0 bridgehead atoms. The molecule has 0 aromatic carbocycles. The topological polar surface area (TPSA) is 122 Å². The monoisotopic (exact) mass is 295 g/mol. The van der Waals surface area contributed by atoms with E-state index in [4.69, 9.17) is 5.84 Å². The van der Waals surface area contributed by atoms with E-state index in [2.05, 4.69) is 32.5 Å². The van der Waals surface area contributed by atoms with Gasteiger partial charge in [-0.15, -0.1) is 0 Å². The van der Waals surface area contributed by atoms with Crippen molar-refractivity contribution in [2.45, 2.75) is 19.8 Å². The third-order valence-corrected chi connectivity index (χ3v) is 3.53. The highest BCUT2D eigenvalue weighted by atomic mass is 16.6. The first kappa shape index (κ1) is 15.4. The van der Waals surface area contributed by atoms with Gasteiger partial charge in [0.1, 0.15) is 6.33 Å². The standard InChI is InChI=1S/C12H21N7O2/c1-9(7-18-4-2-3-5-18)6-14-11-10(19(20)21)12(17-13)16-8-15-11/h8-9H,2-7,13H2,1H3,(H2,14,15,16,17). The lowest BCUT2D eigenvalue weighted by atomic mass is 10.1. The number of likely N-dealkylation sites (tertiary alicyclic amines) is 1. The number of rotatable bonds is 7. The Bertz CT molecular complexity index is 490. The minimum Gasteiger partial charge on any atom is -0.364 e. The highest BCUT2D eigenvalue weighted by Gasteiger charge is 2.23. The Morgan fingerprint density at radius 2 is 2.10 bits per heavy atom. The number of anilines is 2. The molecule has 0 amide bonds. The summed E-state index contributed by atoms with van der Waals surface area (Å²) in [5, 5.41) is 14.1. The van der Waals surface area contributed by atoms with Crippen LogP contribution < -0.4 is 16.6 Å². The Kier molecular flexibility index (Phi) is 5.23. The smallest absolute Gasteiger partial charge is 0.354 e. The van der Waals surface area contributed by atoms with Crippen molar-refractivity contribution in [3.05, 3.63) is 16.4 Å². The van der Waals surface area contributed by atoms with E-state index in [0.29, 0.717) is 12.5 Å². The third-order valence-electron chi connectivity index (χ3n) is 3.53. The molecule has 2 heterocycles. The summed E-state index contributed by atoms with van der Waals surface area (Å²) in [6, 6.07) is 0. The van der Waals surface area contributed by atoms with Crippen molar-refractivity contribution < 1.29 is 4.92 Å². The largest absolute Gasteiger partial charge is 0.364 e. The molecule has 21 heavy (non-hydrogen) atoms. The van der Waals surface area contributed by atoms with Crippen LogP contribution >= 0.6 is 0 Å². The van der Waals surface area contributed by atoms with E-state index in [-0.39, 0.29) is 17.3 Å². The molecule has 1 aliphatic heterocycles. The van der Waals surface area contributed by atoms with E-state index in [0.717, 1.165) is 19.6 Å². The summed E-state index contributed by atoms with van der Waals surface area (Å²) in [6.45, 7) is 5.98. The van der Waals surface area contributed by atoms with Gasteiger partial charge < -0.3 is 15.6 Å². The molecule has 0 aliphatic carbocycles. The molecule has 1 fully saturated rings. The minimum atomic E-state index is -0.539. The average molecular weight is 295 g/mol. The van der Waals surface area contributed by atoms with E-state index in [1.165, 1.54) is 19.2 Å². The van der Waals surface area contributed by atoms with Crippen LogP contribution in [0.5, 0.6) is 0 Å². The molecule has 1 aromatic rings. The second-order valence-corrected chi connectivity index (χ2v) is 5.31. The molecule has 2 rings (SSSR count). The Hall–Kier alpha value is -2.00. The molecular weight excluding hydrogens is 274 g/mol. The van der Waals surface area contributed by atoms with Gasteiger partial charge in [-0.05, 0) is 31.8 Å². The van der Waals surface area contributed by atoms with Crippen molar-refractivity contribution in [3.8, 4) is 0 Å². The fourth-order valence-corrected chi connectivity index (χ4v) is 2.53. The van der Waals surface area contributed by atoms with Crippen LogP contribution in [0.2, 0.25) is 0 Å². The molecular formula is C12H21N7O2. The van der Waals surface area contributed by atoms with Crippen molar-refractivity contribution in [2.24, 2.45) is 11.8 Å². The normalized spacial score (nSPS) is 16.7. The van der Waals surface area contributed by atoms with E-state index >= 15 is 0 Å². The quantitative estimate of drug-likeness (QED) is 0.384. The molecule has 0 radical (unpaired) electrons. The number of nitrogen functional groups attached to an aromatic ring is 1. The average Bonchev–Trinajstić information content (AvgIpc) is 2.97. The molecule has 1 unspecified atom stereocenters. The molecule has 9 nitrogen and oxygen atoms in total. The highest BCUT2D eigenvalue weighted by Crippen LogP contribution is 2.28. The minimum absolute atomic E-state index is 0.00435. The number of nitrogens with one attached hydrogen (secondary N) is 2. The molecule has 1 aromatic heterocycles. The maximum absolute atomic E-state index is 11.1. The van der Waals surface area contributed by atoms with Crippen LogP contribution in [-0.4, -0.2) is 46.0 Å². The van der Waals surface area contributed by atoms with Gasteiger partial charge in [-0.1, -0.05) is 6.92 Å². The second-order valence-electron chi connectivity index (χ2n) is 5.31. The summed E-state index contributed by atoms with van der Waals surface area (Å²) >= 11 is 0. The molecule has 9 heteroatoms. The number of aromatic nitrogens is 2. The first-order valence-electron chi connectivity index (χ1n) is 7.04. The Morgan fingerprint density at radius 3 is 2.71 bits per heavy atom. The lowest BCUT2D eigenvalue weighted by Gasteiger charge is -2.20. The van der Waals surface area contributed by atoms with E-state index in [9.17, 15) is 10.1 Å². The van der Waals surface area contributed by atoms with Crippen molar-refractivity contribution in [1.82, 2.24) is 14.9 Å². The Labute approximate surface area is 123 Å². The van der Waals surface area contributed by atoms with Gasteiger partial charge >= 0.3 is 5.69 Å². The van der Waals surface area contributed by atoms with Crippen LogP contribution in [0.4, 0.5) is 17.3 Å². The number of nitro groups is 1. The zero-order valence-electron chi connectivity index (χ0n) is 12.1. The van der Waals surface area contributed by atoms with Crippen molar-refractivity contribution in [3.63, 3.8) is 0 Å². The maximum Gasteiger partial charge on any atom is 0.354 e. The summed E-state index contributed by atoms with van der Waals surface area (Å²) in [4.78, 5) is 20.7. The number of nitrogens with zero attached hydrogens (tertiary/aromatic N) is 4. The molecule has 1 atom stereocenters. The Balaban J connectivity index is 1.97. The summed E-state index contributed by atoms with van der Waals surface area (Å²) in [7, 11) is 0. The van der Waals surface area contributed by atoms with Crippen molar-refractivity contribution >= 4 is 17.3 Å². The Morgan fingerprint density at radius 1 is 1.43 bits per heavy atom. The lowest BCUT2D eigenvalue weighted by Crippen LogP contribution is -2.29. The number of hydrogen-bond donors (Lipinski definition) is 3. The van der Waals surface area contributed by atoms with E-state index in [1.54, 1.807) is 0 Å². The summed E-state index contributed by atoms with van der Waals surface area (Å²) in [6.07, 6.45) is 3.75. The van der Waals surface area contributed by atoms with Gasteiger partial charge in [0.05, 0.1) is 4.92 Å². The van der Waals surface area contributed by atoms with Crippen LogP contribution in [0.15, 0.2) is 6.33 Å². The van der Waals surface area contributed by atoms with Gasteiger partial charge in [-0.2, -0.15) is 0 Å². The fourth-order valence-electron chi connectivity index (χ4n) is 2.53. The lowest BCUT2D eigenvalue weighted by molar-refractivity contribution is -0.383. The van der Waals surface area contributed by atoms with Crippen LogP contribution in [0.25, 0.3) is 0 Å². The summed E-state index contributed by atoms with van der Waals surface area (Å²) < 4.78 is 0. The van der Waals surface area contributed by atoms with Gasteiger partial charge in [-0.3, -0.25) is 10.1 Å². The predicted molar refractivity (Wildman–Crippen MR) is 79.8 cm³/mol. The fraction of sp³-hybridized carbons (Fsp3) is 0.667. The van der Waals surface area contributed by atoms with Crippen LogP contribution in [-0.2, 0) is 0 Å². The summed E-state index contributed by atoms with van der Waals surface area (Å²) in [5.74, 6) is 5.81. The molecule has 1 aliphatic rings. The third kappa shape index (κ3) is 3.99. The van der Waals surface area contributed by atoms with Crippen molar-refractivity contribution in [1.29, 1.82) is 0 Å². The second kappa shape index (κ2) is 7.14. The zero-order valence-corrected chi connectivity index (χ0v) is 12.1. The maximum atomic E-state index is 11.1. The van der Waals surface area contributed by atoms with Crippen LogP contribution in [0.1, 0.15) is 19.8 Å². The zero-order chi connectivity index (χ0) is 15.2. The van der Waals surface area contributed by atoms with Crippen LogP contribution in [0.3, 0.4) is 0 Å². The van der Waals surface area contributed by atoms with Gasteiger partial charge in [0, 0.05) is 13.1 Å². The van der Waals surface area contributed by atoms with E-state index < -0.39 is 4.92 Å². The highest BCUT2D eigenvalue weighted by molar-refractivity contribution is 5.68. The van der Waals surface area contributed by atoms with E-state index in [1.807, 2.05) is 0 Å². The molecule has 4 N–H and O–H groups in total. The van der Waals surface area contributed by atoms with Crippen LogP contribution in [0, 0.1) is 16.0 Å². The predicted octanol–water partition coefficient (Wildman–Crippen LogP) is 0.814. The molecule has 0 saturated carbocycles. The first-order chi connectivity index (χ1) is 10.1. The first-order valence-corrected chi connectivity index (χ1v) is 7.04. The van der Waals surface area contributed by atoms with Gasteiger partial charge in [0.2, 0.25) is 11.6 Å². The molecule has 116 valence electrons. The van der Waals surface area contributed by atoms with Gasteiger partial charge in [0.25, 0.3) is 0 Å². The number of nitrogens with two attached hydrogens (primary N) is 1. The van der Waals surface area contributed by atoms with Gasteiger partial charge in [0.15, 0.2) is 0 Å². The summed E-state index contributed by atoms with van der Waals surface area (Å²) in [5.41, 5.74) is 1.99. The van der Waals surface area contributed by atoms with Gasteiger partial charge in [-0.25, -0.2) is 15.8 Å². The molecule has 1 saturated heterocycles. The number of hydrogen-bond acceptors (Lipinski definition) is 8. The van der Waals surface area contributed by atoms with Crippen molar-refractivity contribution in [2.75, 3.05) is 36.9 Å². The number of hydrazine groups is 1. The SMILES string of the molecule is CC(CNc1ncnc(NN)c1[N+](=O)[O-])CN1CCCC1.